The summed E-state index contributed by atoms with van der Waals surface area (Å²) in [7, 11) is 0. The third-order valence-electron chi connectivity index (χ3n) is 5.97. The Kier molecular flexibility index (Phi) is 6.20. The summed E-state index contributed by atoms with van der Waals surface area (Å²) >= 11 is 0. The number of hydrogen-bond acceptors (Lipinski definition) is 8. The molecule has 9 heteroatoms. The highest BCUT2D eigenvalue weighted by Crippen LogP contribution is 2.28. The van der Waals surface area contributed by atoms with Crippen LogP contribution in [0.5, 0.6) is 0 Å². The van der Waals surface area contributed by atoms with Crippen molar-refractivity contribution in [3.8, 4) is 11.3 Å². The monoisotopic (exact) mass is 457 g/mol. The number of ether oxygens (including phenoxy) is 1. The highest BCUT2D eigenvalue weighted by atomic mass is 16.5. The molecule has 5 rings (SSSR count). The van der Waals surface area contributed by atoms with Crippen LogP contribution in [0.2, 0.25) is 0 Å². The molecule has 0 amide bonds. The molecule has 0 saturated carbocycles. The van der Waals surface area contributed by atoms with Crippen molar-refractivity contribution < 1.29 is 4.74 Å². The number of nitrogens with two attached hydrogens (primary N) is 1. The number of aromatic nitrogens is 4. The van der Waals surface area contributed by atoms with Crippen LogP contribution in [-0.2, 0) is 11.3 Å². The van der Waals surface area contributed by atoms with Gasteiger partial charge in [-0.05, 0) is 42.1 Å². The highest BCUT2D eigenvalue weighted by Gasteiger charge is 2.15. The predicted molar refractivity (Wildman–Crippen MR) is 133 cm³/mol. The number of benzene rings is 1. The van der Waals surface area contributed by atoms with Gasteiger partial charge in [-0.25, -0.2) is 15.0 Å². The van der Waals surface area contributed by atoms with E-state index in [-0.39, 0.29) is 11.5 Å². The Morgan fingerprint density at radius 1 is 1.09 bits per heavy atom. The average Bonchev–Trinajstić information content (AvgIpc) is 2.84. The number of aryl methyl sites for hydroxylation is 1. The number of anilines is 3. The van der Waals surface area contributed by atoms with Gasteiger partial charge in [-0.3, -0.25) is 9.69 Å². The van der Waals surface area contributed by atoms with Gasteiger partial charge in [0, 0.05) is 56.0 Å². The van der Waals surface area contributed by atoms with Crippen molar-refractivity contribution >= 4 is 28.2 Å². The third kappa shape index (κ3) is 4.75. The summed E-state index contributed by atoms with van der Waals surface area (Å²) in [6, 6.07) is 11.8. The number of morpholine rings is 1. The maximum absolute atomic E-state index is 13.6. The van der Waals surface area contributed by atoms with Crippen molar-refractivity contribution in [2.75, 3.05) is 43.9 Å². The molecule has 9 nitrogen and oxygen atoms in total. The quantitative estimate of drug-likeness (QED) is 0.455. The minimum absolute atomic E-state index is 0.0754. The zero-order valence-corrected chi connectivity index (χ0v) is 19.1. The van der Waals surface area contributed by atoms with E-state index in [0.717, 1.165) is 55.0 Å². The van der Waals surface area contributed by atoms with E-state index < -0.39 is 0 Å². The summed E-state index contributed by atoms with van der Waals surface area (Å²) in [4.78, 5) is 28.9. The maximum atomic E-state index is 13.6. The Morgan fingerprint density at radius 2 is 1.88 bits per heavy atom. The van der Waals surface area contributed by atoms with Gasteiger partial charge in [0.2, 0.25) is 5.95 Å². The van der Waals surface area contributed by atoms with Gasteiger partial charge in [0.25, 0.3) is 5.56 Å². The highest BCUT2D eigenvalue weighted by molar-refractivity contribution is 5.95. The molecule has 1 fully saturated rings. The number of nitrogens with one attached hydrogen (secondary N) is 1. The molecule has 174 valence electrons. The minimum Gasteiger partial charge on any atom is -0.379 e. The van der Waals surface area contributed by atoms with Crippen LogP contribution in [0, 0.1) is 6.92 Å². The van der Waals surface area contributed by atoms with E-state index in [9.17, 15) is 4.79 Å². The predicted octanol–water partition coefficient (Wildman–Crippen LogP) is 2.82. The van der Waals surface area contributed by atoms with Crippen LogP contribution in [0.1, 0.15) is 5.56 Å². The van der Waals surface area contributed by atoms with Gasteiger partial charge in [0.1, 0.15) is 5.82 Å². The average molecular weight is 458 g/mol. The maximum Gasteiger partial charge on any atom is 0.262 e. The van der Waals surface area contributed by atoms with Gasteiger partial charge in [0.15, 0.2) is 0 Å². The van der Waals surface area contributed by atoms with Crippen LogP contribution in [0.15, 0.2) is 59.8 Å². The number of fused-ring (bicyclic) bond motifs is 1. The smallest absolute Gasteiger partial charge is 0.262 e. The van der Waals surface area contributed by atoms with Crippen LogP contribution in [0.25, 0.3) is 22.0 Å². The molecule has 3 aromatic heterocycles. The van der Waals surface area contributed by atoms with Crippen molar-refractivity contribution in [2.24, 2.45) is 0 Å². The van der Waals surface area contributed by atoms with Gasteiger partial charge < -0.3 is 20.4 Å². The van der Waals surface area contributed by atoms with Crippen LogP contribution >= 0.6 is 0 Å². The van der Waals surface area contributed by atoms with Gasteiger partial charge in [0.05, 0.1) is 24.3 Å². The molecule has 3 N–H and O–H groups in total. The number of nitrogens with zero attached hydrogens (tertiary/aromatic N) is 5. The van der Waals surface area contributed by atoms with Crippen molar-refractivity contribution in [1.82, 2.24) is 24.4 Å². The van der Waals surface area contributed by atoms with Crippen LogP contribution in [-0.4, -0.2) is 57.3 Å². The molecule has 4 heterocycles. The van der Waals surface area contributed by atoms with E-state index in [1.807, 2.05) is 49.5 Å². The van der Waals surface area contributed by atoms with Crippen LogP contribution in [0.4, 0.5) is 17.5 Å². The summed E-state index contributed by atoms with van der Waals surface area (Å²) < 4.78 is 7.18. The van der Waals surface area contributed by atoms with Crippen molar-refractivity contribution in [1.29, 1.82) is 0 Å². The molecule has 34 heavy (non-hydrogen) atoms. The SMILES string of the molecule is Cc1cccc(Nc2nc(-c3cnc(N)nc3)cc3ccn(CCN4CCOCC4)c(=O)c23)c1. The van der Waals surface area contributed by atoms with Crippen LogP contribution in [0.3, 0.4) is 0 Å². The number of nitrogen functional groups attached to an aromatic ring is 1. The molecule has 1 aliphatic rings. The molecule has 0 spiro atoms. The van der Waals surface area contributed by atoms with Gasteiger partial charge >= 0.3 is 0 Å². The first kappa shape index (κ1) is 22.0. The number of rotatable bonds is 6. The van der Waals surface area contributed by atoms with Gasteiger partial charge in [-0.15, -0.1) is 0 Å². The minimum atomic E-state index is -0.0754. The Labute approximate surface area is 197 Å². The first-order chi connectivity index (χ1) is 16.6. The normalized spacial score (nSPS) is 14.4. The van der Waals surface area contributed by atoms with E-state index in [1.54, 1.807) is 17.0 Å². The van der Waals surface area contributed by atoms with Crippen molar-refractivity contribution in [3.05, 3.63) is 70.9 Å². The van der Waals surface area contributed by atoms with E-state index >= 15 is 0 Å². The second-order valence-corrected chi connectivity index (χ2v) is 8.41. The van der Waals surface area contributed by atoms with E-state index in [2.05, 4.69) is 20.2 Å². The first-order valence-corrected chi connectivity index (χ1v) is 11.3. The van der Waals surface area contributed by atoms with E-state index in [1.165, 1.54) is 0 Å². The Bertz CT molecular complexity index is 1360. The molecule has 0 bridgehead atoms. The Morgan fingerprint density at radius 3 is 2.65 bits per heavy atom. The second kappa shape index (κ2) is 9.58. The molecule has 0 unspecified atom stereocenters. The molecule has 1 saturated heterocycles. The summed E-state index contributed by atoms with van der Waals surface area (Å²) in [6.07, 6.45) is 5.12. The second-order valence-electron chi connectivity index (χ2n) is 8.41. The lowest BCUT2D eigenvalue weighted by molar-refractivity contribution is 0.0363. The lowest BCUT2D eigenvalue weighted by Gasteiger charge is -2.26. The molecule has 0 atom stereocenters. The van der Waals surface area contributed by atoms with Crippen LogP contribution < -0.4 is 16.6 Å². The molecule has 1 aromatic carbocycles. The Hall–Kier alpha value is -3.82. The molecule has 1 aliphatic heterocycles. The number of pyridine rings is 2. The fourth-order valence-electron chi connectivity index (χ4n) is 4.12. The fourth-order valence-corrected chi connectivity index (χ4v) is 4.12. The van der Waals surface area contributed by atoms with Crippen molar-refractivity contribution in [3.63, 3.8) is 0 Å². The lowest BCUT2D eigenvalue weighted by Crippen LogP contribution is -2.39. The number of hydrogen-bond donors (Lipinski definition) is 2. The lowest BCUT2D eigenvalue weighted by atomic mass is 10.1. The molecule has 4 aromatic rings. The summed E-state index contributed by atoms with van der Waals surface area (Å²) in [6.45, 7) is 6.67. The molecule has 0 aliphatic carbocycles. The summed E-state index contributed by atoms with van der Waals surface area (Å²) in [5.74, 6) is 0.700. The van der Waals surface area contributed by atoms with Gasteiger partial charge in [-0.1, -0.05) is 12.1 Å². The van der Waals surface area contributed by atoms with Crippen molar-refractivity contribution in [2.45, 2.75) is 13.5 Å². The zero-order valence-electron chi connectivity index (χ0n) is 19.1. The molecular weight excluding hydrogens is 430 g/mol. The van der Waals surface area contributed by atoms with Gasteiger partial charge in [-0.2, -0.15) is 0 Å². The first-order valence-electron chi connectivity index (χ1n) is 11.3. The standard InChI is InChI=1S/C25H27N7O2/c1-17-3-2-4-20(13-17)29-23-22-18(14-21(30-23)19-15-27-25(26)28-16-19)5-6-32(24(22)33)8-7-31-9-11-34-12-10-31/h2-6,13-16H,7-12H2,1H3,(H,29,30)(H2,26,27,28). The fraction of sp³-hybridized carbons (Fsp3) is 0.280. The zero-order chi connectivity index (χ0) is 23.5. The van der Waals surface area contributed by atoms with E-state index in [0.29, 0.717) is 23.4 Å². The topological polar surface area (TPSA) is 111 Å². The Balaban J connectivity index is 1.57. The summed E-state index contributed by atoms with van der Waals surface area (Å²) in [5.41, 5.74) is 8.93. The molecule has 0 radical (unpaired) electrons. The molecular formula is C25H27N7O2. The summed E-state index contributed by atoms with van der Waals surface area (Å²) in [5, 5.41) is 4.71. The largest absolute Gasteiger partial charge is 0.379 e. The third-order valence-corrected chi connectivity index (χ3v) is 5.97. The van der Waals surface area contributed by atoms with E-state index in [4.69, 9.17) is 15.5 Å².